The number of carbonyl (C=O) groups excluding carboxylic acids is 1. The van der Waals surface area contributed by atoms with Gasteiger partial charge in [-0.05, 0) is 49.9 Å². The Balaban J connectivity index is 2.21. The van der Waals surface area contributed by atoms with Gasteiger partial charge in [-0.25, -0.2) is 0 Å². The maximum absolute atomic E-state index is 11.0. The van der Waals surface area contributed by atoms with Crippen LogP contribution in [0, 0.1) is 29.6 Å². The van der Waals surface area contributed by atoms with Crippen molar-refractivity contribution < 1.29 is 4.79 Å². The molecular formula is C15H24O. The van der Waals surface area contributed by atoms with E-state index in [1.165, 1.54) is 25.7 Å². The van der Waals surface area contributed by atoms with E-state index < -0.39 is 0 Å². The molecule has 1 heteroatoms. The normalized spacial score (nSPS) is 40.8. The van der Waals surface area contributed by atoms with Crippen molar-refractivity contribution in [3.63, 3.8) is 0 Å². The van der Waals surface area contributed by atoms with Crippen LogP contribution in [-0.2, 0) is 4.79 Å². The smallest absolute Gasteiger partial charge is 0.123 e. The predicted octanol–water partition coefficient (Wildman–Crippen LogP) is 3.84. The van der Waals surface area contributed by atoms with E-state index in [1.54, 1.807) is 5.57 Å². The average Bonchev–Trinajstić information content (AvgIpc) is 2.28. The second kappa shape index (κ2) is 4.73. The minimum Gasteiger partial charge on any atom is -0.303 e. The molecule has 0 bridgehead atoms. The van der Waals surface area contributed by atoms with Crippen molar-refractivity contribution in [2.75, 3.05) is 0 Å². The quantitative estimate of drug-likeness (QED) is 0.510. The standard InChI is InChI=1S/C15H24O/c1-10-4-6-13-11(2)5-7-14(12(3)9-16)15(13)8-10/h8-9,11-15H,4-7H2,1-3H3/t11-,12+,13+,14+,15-/m1/s1. The molecule has 0 amide bonds. The minimum absolute atomic E-state index is 0.238. The van der Waals surface area contributed by atoms with Gasteiger partial charge in [0.15, 0.2) is 0 Å². The molecule has 0 N–H and O–H groups in total. The van der Waals surface area contributed by atoms with E-state index in [0.717, 1.165) is 18.1 Å². The molecule has 5 atom stereocenters. The zero-order valence-electron chi connectivity index (χ0n) is 10.8. The Hall–Kier alpha value is -0.590. The number of rotatable bonds is 2. The monoisotopic (exact) mass is 220 g/mol. The van der Waals surface area contributed by atoms with Crippen LogP contribution in [0.25, 0.3) is 0 Å². The molecule has 2 aliphatic carbocycles. The molecule has 1 fully saturated rings. The lowest BCUT2D eigenvalue weighted by molar-refractivity contribution is -0.113. The van der Waals surface area contributed by atoms with E-state index in [9.17, 15) is 4.79 Å². The third-order valence-corrected chi connectivity index (χ3v) is 4.91. The Morgan fingerprint density at radius 3 is 2.81 bits per heavy atom. The Bertz CT molecular complexity index is 292. The molecule has 2 rings (SSSR count). The molecule has 1 nitrogen and oxygen atoms in total. The van der Waals surface area contributed by atoms with Crippen molar-refractivity contribution in [1.29, 1.82) is 0 Å². The summed E-state index contributed by atoms with van der Waals surface area (Å²) >= 11 is 0. The molecule has 1 saturated carbocycles. The minimum atomic E-state index is 0.238. The van der Waals surface area contributed by atoms with Gasteiger partial charge in [-0.1, -0.05) is 31.9 Å². The summed E-state index contributed by atoms with van der Waals surface area (Å²) in [6.45, 7) is 6.74. The van der Waals surface area contributed by atoms with E-state index in [4.69, 9.17) is 0 Å². The number of hydrogen-bond donors (Lipinski definition) is 0. The van der Waals surface area contributed by atoms with Gasteiger partial charge in [-0.15, -0.1) is 0 Å². The van der Waals surface area contributed by atoms with E-state index in [1.807, 2.05) is 0 Å². The van der Waals surface area contributed by atoms with Crippen molar-refractivity contribution >= 4 is 6.29 Å². The molecule has 0 saturated heterocycles. The molecule has 0 aliphatic heterocycles. The fourth-order valence-electron chi connectivity index (χ4n) is 3.80. The lowest BCUT2D eigenvalue weighted by Gasteiger charge is -2.44. The van der Waals surface area contributed by atoms with Gasteiger partial charge in [0, 0.05) is 5.92 Å². The van der Waals surface area contributed by atoms with E-state index in [0.29, 0.717) is 11.8 Å². The highest BCUT2D eigenvalue weighted by molar-refractivity contribution is 5.53. The second-order valence-corrected chi connectivity index (χ2v) is 6.01. The summed E-state index contributed by atoms with van der Waals surface area (Å²) in [4.78, 5) is 11.0. The molecular weight excluding hydrogens is 196 g/mol. The Kier molecular flexibility index (Phi) is 3.51. The first-order chi connectivity index (χ1) is 7.63. The number of carbonyl (C=O) groups is 1. The molecule has 0 spiro atoms. The fourth-order valence-corrected chi connectivity index (χ4v) is 3.80. The van der Waals surface area contributed by atoms with Crippen molar-refractivity contribution in [2.24, 2.45) is 29.6 Å². The molecule has 2 aliphatic rings. The highest BCUT2D eigenvalue weighted by atomic mass is 16.1. The molecule has 0 aromatic carbocycles. The van der Waals surface area contributed by atoms with E-state index in [-0.39, 0.29) is 5.92 Å². The number of allylic oxidation sites excluding steroid dienone is 2. The molecule has 0 radical (unpaired) electrons. The summed E-state index contributed by atoms with van der Waals surface area (Å²) in [6.07, 6.45) is 8.82. The van der Waals surface area contributed by atoms with Crippen molar-refractivity contribution in [3.8, 4) is 0 Å². The third kappa shape index (κ3) is 2.09. The van der Waals surface area contributed by atoms with Crippen LogP contribution in [0.1, 0.15) is 46.5 Å². The number of aldehydes is 1. The summed E-state index contributed by atoms with van der Waals surface area (Å²) in [6, 6.07) is 0. The Labute approximate surface area is 99.3 Å². The highest BCUT2D eigenvalue weighted by Crippen LogP contribution is 2.47. The summed E-state index contributed by atoms with van der Waals surface area (Å²) in [7, 11) is 0. The van der Waals surface area contributed by atoms with Gasteiger partial charge in [0.25, 0.3) is 0 Å². The lowest BCUT2D eigenvalue weighted by atomic mass is 9.60. The molecule has 0 heterocycles. The zero-order chi connectivity index (χ0) is 11.7. The molecule has 0 unspecified atom stereocenters. The van der Waals surface area contributed by atoms with Crippen molar-refractivity contribution in [3.05, 3.63) is 11.6 Å². The summed E-state index contributed by atoms with van der Waals surface area (Å²) < 4.78 is 0. The van der Waals surface area contributed by atoms with Gasteiger partial charge in [-0.3, -0.25) is 0 Å². The van der Waals surface area contributed by atoms with Gasteiger partial charge in [0.2, 0.25) is 0 Å². The third-order valence-electron chi connectivity index (χ3n) is 4.91. The van der Waals surface area contributed by atoms with Crippen LogP contribution in [0.5, 0.6) is 0 Å². The van der Waals surface area contributed by atoms with Gasteiger partial charge < -0.3 is 4.79 Å². The Morgan fingerprint density at radius 2 is 2.12 bits per heavy atom. The van der Waals surface area contributed by atoms with Gasteiger partial charge >= 0.3 is 0 Å². The predicted molar refractivity (Wildman–Crippen MR) is 67.1 cm³/mol. The SMILES string of the molecule is CC1=C[C@@H]2[C@@H](CC1)[C@H](C)CC[C@H]2[C@@H](C)C=O. The topological polar surface area (TPSA) is 17.1 Å². The summed E-state index contributed by atoms with van der Waals surface area (Å²) in [5, 5.41) is 0. The van der Waals surface area contributed by atoms with Crippen molar-refractivity contribution in [1.82, 2.24) is 0 Å². The number of hydrogen-bond acceptors (Lipinski definition) is 1. The average molecular weight is 220 g/mol. The second-order valence-electron chi connectivity index (χ2n) is 6.01. The summed E-state index contributed by atoms with van der Waals surface area (Å²) in [5.41, 5.74) is 1.54. The van der Waals surface area contributed by atoms with E-state index in [2.05, 4.69) is 26.8 Å². The first-order valence-electron chi connectivity index (χ1n) is 6.76. The number of fused-ring (bicyclic) bond motifs is 1. The van der Waals surface area contributed by atoms with Crippen LogP contribution in [0.3, 0.4) is 0 Å². The largest absolute Gasteiger partial charge is 0.303 e. The van der Waals surface area contributed by atoms with Crippen LogP contribution in [-0.4, -0.2) is 6.29 Å². The Morgan fingerprint density at radius 1 is 1.38 bits per heavy atom. The first-order valence-corrected chi connectivity index (χ1v) is 6.76. The molecule has 0 aromatic rings. The van der Waals surface area contributed by atoms with Gasteiger partial charge in [0.1, 0.15) is 6.29 Å². The maximum Gasteiger partial charge on any atom is 0.123 e. The van der Waals surface area contributed by atoms with Crippen LogP contribution >= 0.6 is 0 Å². The highest BCUT2D eigenvalue weighted by Gasteiger charge is 2.39. The fraction of sp³-hybridized carbons (Fsp3) is 0.800. The molecule has 90 valence electrons. The summed E-state index contributed by atoms with van der Waals surface area (Å²) in [5.74, 6) is 3.21. The first kappa shape index (κ1) is 11.9. The van der Waals surface area contributed by atoms with Gasteiger partial charge in [0.05, 0.1) is 0 Å². The van der Waals surface area contributed by atoms with Gasteiger partial charge in [-0.2, -0.15) is 0 Å². The lowest BCUT2D eigenvalue weighted by Crippen LogP contribution is -2.37. The molecule has 16 heavy (non-hydrogen) atoms. The van der Waals surface area contributed by atoms with Crippen LogP contribution in [0.15, 0.2) is 11.6 Å². The maximum atomic E-state index is 11.0. The van der Waals surface area contributed by atoms with Crippen LogP contribution < -0.4 is 0 Å². The van der Waals surface area contributed by atoms with Crippen LogP contribution in [0.4, 0.5) is 0 Å². The van der Waals surface area contributed by atoms with Crippen LogP contribution in [0.2, 0.25) is 0 Å². The molecule has 0 aromatic heterocycles. The zero-order valence-corrected chi connectivity index (χ0v) is 10.8. The van der Waals surface area contributed by atoms with Crippen molar-refractivity contribution in [2.45, 2.75) is 46.5 Å². The van der Waals surface area contributed by atoms with E-state index >= 15 is 0 Å².